The van der Waals surface area contributed by atoms with Crippen LogP contribution in [0.15, 0.2) is 65.3 Å². The molecule has 2 aromatic carbocycles. The van der Waals surface area contributed by atoms with Crippen molar-refractivity contribution in [3.05, 3.63) is 93.4 Å². The minimum absolute atomic E-state index is 0.0365. The molecule has 2 heterocycles. The molecule has 0 aliphatic carbocycles. The summed E-state index contributed by atoms with van der Waals surface area (Å²) < 4.78 is 5.37. The molecular formula is C22H19N3O5S. The molecule has 1 fully saturated rings. The summed E-state index contributed by atoms with van der Waals surface area (Å²) in [4.78, 5) is 37.2. The van der Waals surface area contributed by atoms with Gasteiger partial charge in [0.2, 0.25) is 5.91 Å². The lowest BCUT2D eigenvalue weighted by Crippen LogP contribution is -2.27. The number of carbonyl (C=O) groups is 2. The number of rotatable bonds is 6. The highest BCUT2D eigenvalue weighted by Gasteiger charge is 2.33. The van der Waals surface area contributed by atoms with E-state index >= 15 is 0 Å². The summed E-state index contributed by atoms with van der Waals surface area (Å²) in [5, 5.41) is 13.6. The monoisotopic (exact) mass is 437 g/mol. The summed E-state index contributed by atoms with van der Waals surface area (Å²) in [6.45, 7) is 2.15. The molecule has 2 amide bonds. The third-order valence-corrected chi connectivity index (χ3v) is 6.27. The molecule has 0 spiro atoms. The van der Waals surface area contributed by atoms with E-state index in [4.69, 9.17) is 4.42 Å². The Bertz CT molecular complexity index is 1130. The fourth-order valence-electron chi connectivity index (χ4n) is 3.32. The van der Waals surface area contributed by atoms with E-state index in [0.29, 0.717) is 29.3 Å². The summed E-state index contributed by atoms with van der Waals surface area (Å²) in [6, 6.07) is 15.0. The van der Waals surface area contributed by atoms with Crippen LogP contribution in [-0.2, 0) is 11.3 Å². The third-order valence-electron chi connectivity index (χ3n) is 5.01. The van der Waals surface area contributed by atoms with Crippen LogP contribution in [0, 0.1) is 17.0 Å². The molecule has 0 bridgehead atoms. The fraction of sp³-hybridized carbons (Fsp3) is 0.182. The molecule has 1 atom stereocenters. The Morgan fingerprint density at radius 2 is 2.03 bits per heavy atom. The van der Waals surface area contributed by atoms with Crippen LogP contribution in [0.3, 0.4) is 0 Å². The number of carbonyl (C=O) groups excluding carboxylic acids is 2. The number of anilines is 1. The lowest BCUT2D eigenvalue weighted by Gasteiger charge is -2.23. The molecule has 1 saturated heterocycles. The quantitative estimate of drug-likeness (QED) is 0.449. The fourth-order valence-corrected chi connectivity index (χ4v) is 4.51. The third kappa shape index (κ3) is 4.46. The van der Waals surface area contributed by atoms with Crippen molar-refractivity contribution >= 4 is 35.0 Å². The average molecular weight is 437 g/mol. The highest BCUT2D eigenvalue weighted by atomic mass is 32.2. The summed E-state index contributed by atoms with van der Waals surface area (Å²) >= 11 is 1.53. The van der Waals surface area contributed by atoms with E-state index in [0.717, 1.165) is 11.1 Å². The number of furan rings is 1. The summed E-state index contributed by atoms with van der Waals surface area (Å²) in [5.41, 5.74) is 2.36. The minimum atomic E-state index is -0.501. The largest absolute Gasteiger partial charge is 0.467 e. The molecule has 1 aromatic heterocycles. The second-order valence-electron chi connectivity index (χ2n) is 7.10. The number of amides is 2. The average Bonchev–Trinajstić information content (AvgIpc) is 3.40. The van der Waals surface area contributed by atoms with Gasteiger partial charge >= 0.3 is 0 Å². The minimum Gasteiger partial charge on any atom is -0.467 e. The molecule has 3 aromatic rings. The SMILES string of the molecule is Cc1ccc([N+](=O)[O-])cc1NC(=O)c1ccc([C@@H]2SCC(=O)N2Cc2ccco2)cc1. The first-order valence-corrected chi connectivity index (χ1v) is 10.6. The van der Waals surface area contributed by atoms with Gasteiger partial charge in [0.25, 0.3) is 11.6 Å². The summed E-state index contributed by atoms with van der Waals surface area (Å²) in [6.07, 6.45) is 1.58. The zero-order chi connectivity index (χ0) is 22.0. The second-order valence-corrected chi connectivity index (χ2v) is 8.17. The maximum absolute atomic E-state index is 12.6. The van der Waals surface area contributed by atoms with Crippen molar-refractivity contribution in [3.63, 3.8) is 0 Å². The predicted octanol–water partition coefficient (Wildman–Crippen LogP) is 4.52. The van der Waals surface area contributed by atoms with Crippen molar-refractivity contribution in [1.82, 2.24) is 4.90 Å². The Labute approximate surface area is 182 Å². The van der Waals surface area contributed by atoms with Crippen LogP contribution in [0.4, 0.5) is 11.4 Å². The van der Waals surface area contributed by atoms with Gasteiger partial charge in [-0.25, -0.2) is 0 Å². The molecule has 1 aliphatic rings. The maximum Gasteiger partial charge on any atom is 0.271 e. The first kappa shape index (κ1) is 20.7. The number of nitrogens with zero attached hydrogens (tertiary/aromatic N) is 2. The Morgan fingerprint density at radius 1 is 1.26 bits per heavy atom. The van der Waals surface area contributed by atoms with Crippen LogP contribution >= 0.6 is 11.8 Å². The standard InChI is InChI=1S/C22H19N3O5S/c1-14-4-9-17(25(28)29)11-19(14)23-21(27)15-5-7-16(8-6-15)22-24(20(26)13-31-22)12-18-3-2-10-30-18/h2-11,22H,12-13H2,1H3,(H,23,27)/t22-/m0/s1. The zero-order valence-electron chi connectivity index (χ0n) is 16.6. The zero-order valence-corrected chi connectivity index (χ0v) is 17.4. The number of nitro benzene ring substituents is 1. The van der Waals surface area contributed by atoms with Crippen LogP contribution < -0.4 is 5.32 Å². The highest BCUT2D eigenvalue weighted by molar-refractivity contribution is 8.00. The van der Waals surface area contributed by atoms with Gasteiger partial charge in [-0.3, -0.25) is 19.7 Å². The lowest BCUT2D eigenvalue weighted by atomic mass is 10.1. The molecule has 0 unspecified atom stereocenters. The predicted molar refractivity (Wildman–Crippen MR) is 117 cm³/mol. The van der Waals surface area contributed by atoms with E-state index < -0.39 is 4.92 Å². The van der Waals surface area contributed by atoms with Gasteiger partial charge in [-0.2, -0.15) is 0 Å². The number of hydrogen-bond donors (Lipinski definition) is 1. The number of benzene rings is 2. The molecule has 31 heavy (non-hydrogen) atoms. The van der Waals surface area contributed by atoms with Crippen LogP contribution in [-0.4, -0.2) is 27.4 Å². The van der Waals surface area contributed by atoms with Crippen LogP contribution in [0.25, 0.3) is 0 Å². The highest BCUT2D eigenvalue weighted by Crippen LogP contribution is 2.39. The molecule has 1 aliphatic heterocycles. The number of nitrogens with one attached hydrogen (secondary N) is 1. The van der Waals surface area contributed by atoms with Gasteiger partial charge in [-0.1, -0.05) is 18.2 Å². The van der Waals surface area contributed by atoms with Gasteiger partial charge in [-0.15, -0.1) is 11.8 Å². The van der Waals surface area contributed by atoms with E-state index in [9.17, 15) is 19.7 Å². The molecule has 0 saturated carbocycles. The number of hydrogen-bond acceptors (Lipinski definition) is 6. The molecule has 1 N–H and O–H groups in total. The molecule has 4 rings (SSSR count). The Morgan fingerprint density at radius 3 is 2.71 bits per heavy atom. The number of aryl methyl sites for hydroxylation is 1. The van der Waals surface area contributed by atoms with Gasteiger partial charge in [0.15, 0.2) is 0 Å². The van der Waals surface area contributed by atoms with Crippen molar-refractivity contribution < 1.29 is 18.9 Å². The molecule has 158 valence electrons. The molecule has 9 heteroatoms. The Kier molecular flexibility index (Phi) is 5.77. The van der Waals surface area contributed by atoms with Crippen molar-refractivity contribution in [3.8, 4) is 0 Å². The van der Waals surface area contributed by atoms with E-state index in [1.54, 1.807) is 42.4 Å². The van der Waals surface area contributed by atoms with Gasteiger partial charge in [0, 0.05) is 17.7 Å². The number of non-ortho nitro benzene ring substituents is 1. The van der Waals surface area contributed by atoms with Gasteiger partial charge in [-0.05, 0) is 42.3 Å². The van der Waals surface area contributed by atoms with E-state index in [1.165, 1.54) is 23.9 Å². The van der Waals surface area contributed by atoms with E-state index in [2.05, 4.69) is 5.32 Å². The van der Waals surface area contributed by atoms with E-state index in [-0.39, 0.29) is 22.9 Å². The van der Waals surface area contributed by atoms with Gasteiger partial charge in [0.1, 0.15) is 11.1 Å². The second kappa shape index (κ2) is 8.65. The summed E-state index contributed by atoms with van der Waals surface area (Å²) in [7, 11) is 0. The van der Waals surface area contributed by atoms with Gasteiger partial charge in [0.05, 0.1) is 29.2 Å². The number of thioether (sulfide) groups is 1. The van der Waals surface area contributed by atoms with Crippen LogP contribution in [0.1, 0.15) is 32.6 Å². The van der Waals surface area contributed by atoms with Crippen molar-refractivity contribution in [1.29, 1.82) is 0 Å². The van der Waals surface area contributed by atoms with Crippen molar-refractivity contribution in [2.75, 3.05) is 11.1 Å². The Hall–Kier alpha value is -3.59. The summed E-state index contributed by atoms with van der Waals surface area (Å²) in [5.74, 6) is 0.774. The van der Waals surface area contributed by atoms with Gasteiger partial charge < -0.3 is 14.6 Å². The van der Waals surface area contributed by atoms with E-state index in [1.807, 2.05) is 18.2 Å². The first-order valence-electron chi connectivity index (χ1n) is 9.52. The smallest absolute Gasteiger partial charge is 0.271 e. The van der Waals surface area contributed by atoms with Crippen molar-refractivity contribution in [2.45, 2.75) is 18.8 Å². The molecular weight excluding hydrogens is 418 g/mol. The Balaban J connectivity index is 1.49. The molecule has 0 radical (unpaired) electrons. The van der Waals surface area contributed by atoms with Crippen molar-refractivity contribution in [2.24, 2.45) is 0 Å². The van der Waals surface area contributed by atoms with Crippen LogP contribution in [0.2, 0.25) is 0 Å². The maximum atomic E-state index is 12.6. The normalized spacial score (nSPS) is 15.8. The molecule has 8 nitrogen and oxygen atoms in total. The van der Waals surface area contributed by atoms with Crippen LogP contribution in [0.5, 0.6) is 0 Å². The number of nitro groups is 1. The first-order chi connectivity index (χ1) is 14.9. The lowest BCUT2D eigenvalue weighted by molar-refractivity contribution is -0.384. The topological polar surface area (TPSA) is 106 Å².